The molecule has 1 nitrogen and oxygen atoms in total. The van der Waals surface area contributed by atoms with Gasteiger partial charge in [-0.1, -0.05) is 18.2 Å². The molecule has 0 heterocycles. The smallest absolute Gasteiger partial charge is 0.119 e. The molecule has 1 atom stereocenters. The molecule has 19 heavy (non-hydrogen) atoms. The van der Waals surface area contributed by atoms with Crippen LogP contribution >= 0.6 is 23.4 Å². The molecule has 0 saturated heterocycles. The van der Waals surface area contributed by atoms with E-state index in [1.807, 2.05) is 18.2 Å². The van der Waals surface area contributed by atoms with Crippen LogP contribution < -0.4 is 4.74 Å². The summed E-state index contributed by atoms with van der Waals surface area (Å²) in [6, 6.07) is 14.4. The first-order valence-corrected chi connectivity index (χ1v) is 7.74. The Kier molecular flexibility index (Phi) is 4.78. The molecule has 0 N–H and O–H groups in total. The van der Waals surface area contributed by atoms with Gasteiger partial charge < -0.3 is 4.74 Å². The van der Waals surface area contributed by atoms with Gasteiger partial charge in [-0.05, 0) is 54.1 Å². The minimum Gasteiger partial charge on any atom is -0.497 e. The second kappa shape index (κ2) is 6.36. The highest BCUT2D eigenvalue weighted by Gasteiger charge is 2.13. The van der Waals surface area contributed by atoms with Gasteiger partial charge in [0.2, 0.25) is 0 Å². The molecule has 0 radical (unpaired) electrons. The molecule has 0 bridgehead atoms. The van der Waals surface area contributed by atoms with Crippen molar-refractivity contribution < 1.29 is 4.74 Å². The quantitative estimate of drug-likeness (QED) is 0.576. The zero-order valence-electron chi connectivity index (χ0n) is 11.3. The lowest BCUT2D eigenvalue weighted by molar-refractivity contribution is 0.414. The van der Waals surface area contributed by atoms with E-state index in [9.17, 15) is 0 Å². The van der Waals surface area contributed by atoms with Crippen LogP contribution in [0.2, 0.25) is 0 Å². The second-order valence-corrected chi connectivity index (χ2v) is 5.67. The molecule has 0 fully saturated rings. The number of methoxy groups -OCH3 is 1. The van der Waals surface area contributed by atoms with Crippen molar-refractivity contribution in [2.75, 3.05) is 13.4 Å². The summed E-state index contributed by atoms with van der Waals surface area (Å²) in [5.74, 6) is 0.864. The first-order valence-electron chi connectivity index (χ1n) is 6.08. The van der Waals surface area contributed by atoms with Crippen LogP contribution in [-0.4, -0.2) is 13.4 Å². The topological polar surface area (TPSA) is 9.23 Å². The Morgan fingerprint density at radius 2 is 1.79 bits per heavy atom. The van der Waals surface area contributed by atoms with Gasteiger partial charge in [0, 0.05) is 4.90 Å². The van der Waals surface area contributed by atoms with E-state index in [4.69, 9.17) is 16.3 Å². The van der Waals surface area contributed by atoms with Crippen LogP contribution in [0.3, 0.4) is 0 Å². The molecule has 0 aliphatic rings. The van der Waals surface area contributed by atoms with Gasteiger partial charge in [0.1, 0.15) is 5.75 Å². The molecule has 0 saturated carbocycles. The number of alkyl halides is 1. The lowest BCUT2D eigenvalue weighted by atomic mass is 10.00. The number of halogens is 1. The van der Waals surface area contributed by atoms with Crippen molar-refractivity contribution in [2.24, 2.45) is 0 Å². The highest BCUT2D eigenvalue weighted by molar-refractivity contribution is 7.98. The standard InChI is InChI=1S/C16H17ClOS/c1-11-10-13(18-2)6-9-15(11)16(17)12-4-7-14(19-3)8-5-12/h4-10,16H,1-3H3. The molecular formula is C16H17ClOS. The maximum absolute atomic E-state index is 6.58. The van der Waals surface area contributed by atoms with Gasteiger partial charge in [0.05, 0.1) is 12.5 Å². The Morgan fingerprint density at radius 1 is 1.11 bits per heavy atom. The van der Waals surface area contributed by atoms with E-state index in [0.29, 0.717) is 0 Å². The molecule has 0 spiro atoms. The van der Waals surface area contributed by atoms with Gasteiger partial charge in [0.25, 0.3) is 0 Å². The fourth-order valence-electron chi connectivity index (χ4n) is 2.01. The molecule has 2 rings (SSSR count). The molecular weight excluding hydrogens is 276 g/mol. The minimum atomic E-state index is -0.123. The highest BCUT2D eigenvalue weighted by atomic mass is 35.5. The summed E-state index contributed by atoms with van der Waals surface area (Å²) < 4.78 is 5.22. The third-order valence-corrected chi connectivity index (χ3v) is 4.39. The van der Waals surface area contributed by atoms with Gasteiger partial charge in [-0.15, -0.1) is 23.4 Å². The van der Waals surface area contributed by atoms with Crippen molar-refractivity contribution in [3.8, 4) is 5.75 Å². The van der Waals surface area contributed by atoms with E-state index >= 15 is 0 Å². The summed E-state index contributed by atoms with van der Waals surface area (Å²) in [5.41, 5.74) is 3.39. The van der Waals surface area contributed by atoms with Crippen LogP contribution in [0.15, 0.2) is 47.4 Å². The van der Waals surface area contributed by atoms with E-state index in [-0.39, 0.29) is 5.38 Å². The maximum Gasteiger partial charge on any atom is 0.119 e. The second-order valence-electron chi connectivity index (χ2n) is 4.36. The van der Waals surface area contributed by atoms with Gasteiger partial charge >= 0.3 is 0 Å². The average molecular weight is 293 g/mol. The fraction of sp³-hybridized carbons (Fsp3) is 0.250. The molecule has 0 aromatic heterocycles. The first kappa shape index (κ1) is 14.3. The molecule has 2 aromatic rings. The highest BCUT2D eigenvalue weighted by Crippen LogP contribution is 2.33. The van der Waals surface area contributed by atoms with Crippen molar-refractivity contribution in [3.05, 3.63) is 59.2 Å². The summed E-state index contributed by atoms with van der Waals surface area (Å²) in [4.78, 5) is 1.25. The Labute approximate surface area is 123 Å². The van der Waals surface area contributed by atoms with Crippen LogP contribution in [0.5, 0.6) is 5.75 Å². The van der Waals surface area contributed by atoms with Gasteiger partial charge in [0.15, 0.2) is 0 Å². The predicted octanol–water partition coefficient (Wildman–Crippen LogP) is 5.05. The fourth-order valence-corrected chi connectivity index (χ4v) is 2.81. The molecule has 0 aliphatic heterocycles. The van der Waals surface area contributed by atoms with E-state index in [1.54, 1.807) is 18.9 Å². The average Bonchev–Trinajstić information content (AvgIpc) is 2.46. The normalized spacial score (nSPS) is 12.2. The Morgan fingerprint density at radius 3 is 2.32 bits per heavy atom. The Bertz CT molecular complexity index is 551. The Balaban J connectivity index is 2.29. The molecule has 1 unspecified atom stereocenters. The zero-order valence-corrected chi connectivity index (χ0v) is 12.9. The van der Waals surface area contributed by atoms with Crippen LogP contribution in [0.4, 0.5) is 0 Å². The third-order valence-electron chi connectivity index (χ3n) is 3.16. The summed E-state index contributed by atoms with van der Waals surface area (Å²) in [6.07, 6.45) is 2.07. The number of thioether (sulfide) groups is 1. The number of hydrogen-bond donors (Lipinski definition) is 0. The first-order chi connectivity index (χ1) is 9.15. The lowest BCUT2D eigenvalue weighted by Crippen LogP contribution is -1.97. The monoisotopic (exact) mass is 292 g/mol. The maximum atomic E-state index is 6.58. The van der Waals surface area contributed by atoms with Crippen molar-refractivity contribution >= 4 is 23.4 Å². The van der Waals surface area contributed by atoms with Crippen LogP contribution in [-0.2, 0) is 0 Å². The summed E-state index contributed by atoms with van der Waals surface area (Å²) in [5, 5.41) is -0.123. The number of benzene rings is 2. The summed E-state index contributed by atoms with van der Waals surface area (Å²) in [6.45, 7) is 2.06. The van der Waals surface area contributed by atoms with Gasteiger partial charge in [-0.25, -0.2) is 0 Å². The van der Waals surface area contributed by atoms with Gasteiger partial charge in [-0.3, -0.25) is 0 Å². The van der Waals surface area contributed by atoms with Crippen LogP contribution in [0.25, 0.3) is 0 Å². The Hall–Kier alpha value is -1.12. The molecule has 100 valence electrons. The van der Waals surface area contributed by atoms with E-state index in [1.165, 1.54) is 4.90 Å². The van der Waals surface area contributed by atoms with Gasteiger partial charge in [-0.2, -0.15) is 0 Å². The van der Waals surface area contributed by atoms with Crippen LogP contribution in [0.1, 0.15) is 22.1 Å². The molecule has 0 aliphatic carbocycles. The minimum absolute atomic E-state index is 0.123. The predicted molar refractivity (Wildman–Crippen MR) is 83.7 cm³/mol. The summed E-state index contributed by atoms with van der Waals surface area (Å²) >= 11 is 8.31. The van der Waals surface area contributed by atoms with Crippen molar-refractivity contribution in [1.82, 2.24) is 0 Å². The van der Waals surface area contributed by atoms with E-state index in [0.717, 1.165) is 22.4 Å². The number of ether oxygens (including phenoxy) is 1. The largest absolute Gasteiger partial charge is 0.497 e. The lowest BCUT2D eigenvalue weighted by Gasteiger charge is -2.14. The third kappa shape index (κ3) is 3.26. The summed E-state index contributed by atoms with van der Waals surface area (Å²) in [7, 11) is 1.67. The molecule has 0 amide bonds. The van der Waals surface area contributed by atoms with Crippen molar-refractivity contribution in [3.63, 3.8) is 0 Å². The SMILES string of the molecule is COc1ccc(C(Cl)c2ccc(SC)cc2)c(C)c1. The number of hydrogen-bond acceptors (Lipinski definition) is 2. The van der Waals surface area contributed by atoms with E-state index < -0.39 is 0 Å². The van der Waals surface area contributed by atoms with Crippen molar-refractivity contribution in [2.45, 2.75) is 17.2 Å². The van der Waals surface area contributed by atoms with Crippen molar-refractivity contribution in [1.29, 1.82) is 0 Å². The number of aryl methyl sites for hydroxylation is 1. The number of rotatable bonds is 4. The molecule has 2 aromatic carbocycles. The molecule has 3 heteroatoms. The van der Waals surface area contributed by atoms with Crippen LogP contribution in [0, 0.1) is 6.92 Å². The van der Waals surface area contributed by atoms with E-state index in [2.05, 4.69) is 37.4 Å². The zero-order chi connectivity index (χ0) is 13.8.